The maximum atomic E-state index is 14.9. The van der Waals surface area contributed by atoms with Crippen LogP contribution in [0.25, 0.3) is 10.9 Å². The molecule has 7 nitrogen and oxygen atoms in total. The first kappa shape index (κ1) is 24.0. The van der Waals surface area contributed by atoms with Crippen molar-refractivity contribution in [3.8, 4) is 11.5 Å². The SMILES string of the molecule is COc1cc2ncnc(Cc3ccc(NC(=S)NC(=O)Cc4ccccc4)cc3F)c2cc1OC. The Labute approximate surface area is 207 Å². The van der Waals surface area contributed by atoms with Gasteiger partial charge in [0.05, 0.1) is 31.9 Å². The second kappa shape index (κ2) is 10.9. The number of anilines is 1. The van der Waals surface area contributed by atoms with E-state index < -0.39 is 5.82 Å². The van der Waals surface area contributed by atoms with Crippen LogP contribution in [0.1, 0.15) is 16.8 Å². The lowest BCUT2D eigenvalue weighted by molar-refractivity contribution is -0.119. The van der Waals surface area contributed by atoms with Crippen molar-refractivity contribution in [1.82, 2.24) is 15.3 Å². The Balaban J connectivity index is 1.45. The summed E-state index contributed by atoms with van der Waals surface area (Å²) in [4.78, 5) is 20.8. The van der Waals surface area contributed by atoms with Gasteiger partial charge in [0.1, 0.15) is 12.1 Å². The second-order valence-corrected chi connectivity index (χ2v) is 8.10. The first-order chi connectivity index (χ1) is 17.0. The molecule has 0 unspecified atom stereocenters. The lowest BCUT2D eigenvalue weighted by Gasteiger charge is -2.12. The van der Waals surface area contributed by atoms with Gasteiger partial charge in [-0.1, -0.05) is 36.4 Å². The van der Waals surface area contributed by atoms with Crippen LogP contribution >= 0.6 is 12.2 Å². The lowest BCUT2D eigenvalue weighted by atomic mass is 10.0. The van der Waals surface area contributed by atoms with E-state index in [1.165, 1.54) is 12.4 Å². The van der Waals surface area contributed by atoms with Crippen LogP contribution in [0.2, 0.25) is 0 Å². The maximum absolute atomic E-state index is 14.9. The summed E-state index contributed by atoms with van der Waals surface area (Å²) in [7, 11) is 3.10. The largest absolute Gasteiger partial charge is 0.493 e. The fourth-order valence-electron chi connectivity index (χ4n) is 3.64. The highest BCUT2D eigenvalue weighted by atomic mass is 32.1. The zero-order chi connectivity index (χ0) is 24.8. The van der Waals surface area contributed by atoms with E-state index in [9.17, 15) is 9.18 Å². The quantitative estimate of drug-likeness (QED) is 0.371. The number of hydrogen-bond donors (Lipinski definition) is 2. The molecule has 0 fully saturated rings. The average molecular weight is 491 g/mol. The van der Waals surface area contributed by atoms with Gasteiger partial charge in [-0.25, -0.2) is 14.4 Å². The molecule has 0 aliphatic heterocycles. The Morgan fingerprint density at radius 2 is 1.74 bits per heavy atom. The number of nitrogens with zero attached hydrogens (tertiary/aromatic N) is 2. The van der Waals surface area contributed by atoms with E-state index in [2.05, 4.69) is 20.6 Å². The van der Waals surface area contributed by atoms with Crippen LogP contribution in [-0.4, -0.2) is 35.2 Å². The van der Waals surface area contributed by atoms with Crippen LogP contribution in [0.4, 0.5) is 10.1 Å². The van der Waals surface area contributed by atoms with Crippen LogP contribution in [0, 0.1) is 5.82 Å². The molecule has 3 aromatic carbocycles. The van der Waals surface area contributed by atoms with Crippen molar-refractivity contribution in [2.24, 2.45) is 0 Å². The average Bonchev–Trinajstić information content (AvgIpc) is 2.85. The van der Waals surface area contributed by atoms with E-state index in [4.69, 9.17) is 21.7 Å². The number of benzene rings is 3. The molecular formula is C26H23FN4O3S. The number of carbonyl (C=O) groups is 1. The molecule has 35 heavy (non-hydrogen) atoms. The van der Waals surface area contributed by atoms with Gasteiger partial charge in [-0.05, 0) is 41.5 Å². The number of rotatable bonds is 7. The van der Waals surface area contributed by atoms with E-state index in [1.54, 1.807) is 38.5 Å². The molecule has 0 aliphatic rings. The van der Waals surface area contributed by atoms with E-state index in [0.717, 1.165) is 10.9 Å². The van der Waals surface area contributed by atoms with Crippen LogP contribution < -0.4 is 20.1 Å². The highest BCUT2D eigenvalue weighted by molar-refractivity contribution is 7.80. The minimum absolute atomic E-state index is 0.0981. The first-order valence-corrected chi connectivity index (χ1v) is 11.2. The van der Waals surface area contributed by atoms with Gasteiger partial charge in [0.15, 0.2) is 16.6 Å². The lowest BCUT2D eigenvalue weighted by Crippen LogP contribution is -2.35. The van der Waals surface area contributed by atoms with Crippen molar-refractivity contribution in [1.29, 1.82) is 0 Å². The van der Waals surface area contributed by atoms with E-state index >= 15 is 0 Å². The number of aromatic nitrogens is 2. The minimum atomic E-state index is -0.430. The van der Waals surface area contributed by atoms with Gasteiger partial charge in [-0.2, -0.15) is 0 Å². The molecule has 0 spiro atoms. The van der Waals surface area contributed by atoms with Gasteiger partial charge >= 0.3 is 0 Å². The number of fused-ring (bicyclic) bond motifs is 1. The number of amides is 1. The van der Waals surface area contributed by atoms with Crippen molar-refractivity contribution in [2.75, 3.05) is 19.5 Å². The molecule has 9 heteroatoms. The smallest absolute Gasteiger partial charge is 0.230 e. The molecule has 0 radical (unpaired) electrons. The van der Waals surface area contributed by atoms with Gasteiger partial charge in [0.2, 0.25) is 5.91 Å². The Bertz CT molecular complexity index is 1380. The fraction of sp³-hybridized carbons (Fsp3) is 0.154. The summed E-state index contributed by atoms with van der Waals surface area (Å²) in [6.07, 6.45) is 1.88. The molecule has 0 saturated heterocycles. The summed E-state index contributed by atoms with van der Waals surface area (Å²) in [5, 5.41) is 6.30. The second-order valence-electron chi connectivity index (χ2n) is 7.69. The molecule has 1 heterocycles. The molecule has 1 aromatic heterocycles. The van der Waals surface area contributed by atoms with Gasteiger partial charge in [0.25, 0.3) is 0 Å². The predicted molar refractivity (Wildman–Crippen MR) is 136 cm³/mol. The molecule has 0 aliphatic carbocycles. The van der Waals surface area contributed by atoms with E-state index in [0.29, 0.717) is 34.0 Å². The third kappa shape index (κ3) is 5.88. The van der Waals surface area contributed by atoms with Crippen LogP contribution in [0.15, 0.2) is 67.0 Å². The van der Waals surface area contributed by atoms with Gasteiger partial charge in [-0.15, -0.1) is 0 Å². The molecule has 2 N–H and O–H groups in total. The Morgan fingerprint density at radius 3 is 2.46 bits per heavy atom. The molecule has 4 rings (SSSR count). The van der Waals surface area contributed by atoms with Crippen molar-refractivity contribution < 1.29 is 18.7 Å². The summed E-state index contributed by atoms with van der Waals surface area (Å²) in [6, 6.07) is 17.5. The Kier molecular flexibility index (Phi) is 7.47. The normalized spacial score (nSPS) is 10.6. The van der Waals surface area contributed by atoms with E-state index in [1.807, 2.05) is 30.3 Å². The molecule has 0 atom stereocenters. The zero-order valence-electron chi connectivity index (χ0n) is 19.2. The van der Waals surface area contributed by atoms with E-state index in [-0.39, 0.29) is 23.9 Å². The minimum Gasteiger partial charge on any atom is -0.493 e. The molecule has 4 aromatic rings. The Morgan fingerprint density at radius 1 is 1.00 bits per heavy atom. The van der Waals surface area contributed by atoms with Crippen molar-refractivity contribution >= 4 is 39.8 Å². The predicted octanol–water partition coefficient (Wildman–Crippen LogP) is 4.43. The van der Waals surface area contributed by atoms with Gasteiger partial charge in [0, 0.05) is 23.6 Å². The molecule has 0 saturated carbocycles. The molecule has 178 valence electrons. The highest BCUT2D eigenvalue weighted by Crippen LogP contribution is 2.33. The molecule has 1 amide bonds. The fourth-order valence-corrected chi connectivity index (χ4v) is 3.87. The number of hydrogen-bond acceptors (Lipinski definition) is 6. The maximum Gasteiger partial charge on any atom is 0.230 e. The summed E-state index contributed by atoms with van der Waals surface area (Å²) in [6.45, 7) is 0. The third-order valence-corrected chi connectivity index (χ3v) is 5.56. The number of ether oxygens (including phenoxy) is 2. The zero-order valence-corrected chi connectivity index (χ0v) is 20.0. The van der Waals surface area contributed by atoms with Crippen LogP contribution in [0.3, 0.4) is 0 Å². The number of nitrogens with one attached hydrogen (secondary N) is 2. The van der Waals surface area contributed by atoms with Crippen molar-refractivity contribution in [3.63, 3.8) is 0 Å². The molecular weight excluding hydrogens is 467 g/mol. The summed E-state index contributed by atoms with van der Waals surface area (Å²) >= 11 is 5.20. The third-order valence-electron chi connectivity index (χ3n) is 5.35. The van der Waals surface area contributed by atoms with Crippen LogP contribution in [-0.2, 0) is 17.6 Å². The monoisotopic (exact) mass is 490 g/mol. The van der Waals surface area contributed by atoms with Crippen molar-refractivity contribution in [3.05, 3.63) is 89.6 Å². The Hall–Kier alpha value is -4.11. The summed E-state index contributed by atoms with van der Waals surface area (Å²) < 4.78 is 25.7. The summed E-state index contributed by atoms with van der Waals surface area (Å²) in [5.41, 5.74) is 3.07. The number of thiocarbonyl (C=S) groups is 1. The summed E-state index contributed by atoms with van der Waals surface area (Å²) in [5.74, 6) is 0.408. The van der Waals surface area contributed by atoms with Crippen LogP contribution in [0.5, 0.6) is 11.5 Å². The topological polar surface area (TPSA) is 85.4 Å². The first-order valence-electron chi connectivity index (χ1n) is 10.8. The number of carbonyl (C=O) groups excluding carboxylic acids is 1. The number of halogens is 1. The number of methoxy groups -OCH3 is 2. The van der Waals surface area contributed by atoms with Gasteiger partial charge in [-0.3, -0.25) is 4.79 Å². The molecule has 0 bridgehead atoms. The van der Waals surface area contributed by atoms with Gasteiger partial charge < -0.3 is 20.1 Å². The highest BCUT2D eigenvalue weighted by Gasteiger charge is 2.14. The standard InChI is InChI=1S/C26H23FN4O3S/c1-33-23-13-19-21(28-15-29-22(19)14-24(23)34-2)11-17-8-9-18(12-20(17)27)30-26(35)31-25(32)10-16-6-4-3-5-7-16/h3-9,12-15H,10-11H2,1-2H3,(H2,30,31,32,35). The van der Waals surface area contributed by atoms with Crippen molar-refractivity contribution in [2.45, 2.75) is 12.8 Å².